The van der Waals surface area contributed by atoms with E-state index < -0.39 is 23.2 Å². The molecule has 0 aliphatic heterocycles. The zero-order valence-corrected chi connectivity index (χ0v) is 48.9. The molecule has 0 bridgehead atoms. The molecule has 9 heteroatoms. The first kappa shape index (κ1) is 58.4. The zero-order chi connectivity index (χ0) is 53.6. The van der Waals surface area contributed by atoms with Gasteiger partial charge < -0.3 is 18.9 Å². The van der Waals surface area contributed by atoms with Crippen LogP contribution in [0.5, 0.6) is 0 Å². The van der Waals surface area contributed by atoms with Crippen molar-refractivity contribution in [2.24, 2.45) is 63.1 Å². The van der Waals surface area contributed by atoms with Crippen molar-refractivity contribution < 1.29 is 42.9 Å². The average molecular weight is 1040 g/mol. The summed E-state index contributed by atoms with van der Waals surface area (Å²) in [5, 5.41) is 0. The number of ether oxygens (including phenoxy) is 4. The number of carbonyl (C=O) groups is 5. The number of Topliss-reactive ketones (excluding diaryl/α,β-unsaturated/α-hetero) is 1. The normalized spacial score (nSPS) is 32.3. The second-order valence-electron chi connectivity index (χ2n) is 28.5. The fourth-order valence-electron chi connectivity index (χ4n) is 18.4. The number of carbonyl (C=O) groups excluding carboxylic acids is 5. The van der Waals surface area contributed by atoms with Gasteiger partial charge in [-0.2, -0.15) is 0 Å². The lowest BCUT2D eigenvalue weighted by molar-refractivity contribution is -0.218. The Hall–Kier alpha value is -2.71. The summed E-state index contributed by atoms with van der Waals surface area (Å²) in [4.78, 5) is 70.7. The quantitative estimate of drug-likeness (QED) is 0.0628. The molecule has 8 aliphatic carbocycles. The Morgan fingerprint density at radius 3 is 1.55 bits per heavy atom. The fourth-order valence-corrected chi connectivity index (χ4v) is 18.4. The van der Waals surface area contributed by atoms with Crippen LogP contribution >= 0.6 is 0 Å². The maximum Gasteiger partial charge on any atom is 0.306 e. The molecule has 0 heterocycles. The van der Waals surface area contributed by atoms with Gasteiger partial charge in [0.25, 0.3) is 0 Å². The molecule has 0 unspecified atom stereocenters. The third-order valence-corrected chi connectivity index (χ3v) is 22.9. The number of esters is 4. The summed E-state index contributed by atoms with van der Waals surface area (Å²) in [7, 11) is 0. The van der Waals surface area contributed by atoms with Crippen LogP contribution in [0.25, 0.3) is 0 Å². The first-order valence-corrected chi connectivity index (χ1v) is 31.8. The second kappa shape index (κ2) is 25.2. The van der Waals surface area contributed by atoms with Gasteiger partial charge in [-0.1, -0.05) is 181 Å². The molecule has 9 atom stereocenters. The zero-order valence-electron chi connectivity index (χ0n) is 48.9. The predicted molar refractivity (Wildman–Crippen MR) is 296 cm³/mol. The third kappa shape index (κ3) is 13.5. The van der Waals surface area contributed by atoms with E-state index in [2.05, 4.69) is 41.5 Å². The van der Waals surface area contributed by atoms with Crippen LogP contribution in [-0.4, -0.2) is 53.6 Å². The molecule has 7 saturated carbocycles. The fraction of sp³-hybridized carbons (Fsp3) is 0.894. The van der Waals surface area contributed by atoms with Gasteiger partial charge in [0.1, 0.15) is 23.6 Å². The van der Waals surface area contributed by atoms with E-state index in [4.69, 9.17) is 18.9 Å². The van der Waals surface area contributed by atoms with Crippen molar-refractivity contribution in [1.29, 1.82) is 0 Å². The lowest BCUT2D eigenvalue weighted by atomic mass is 9.36. The summed E-state index contributed by atoms with van der Waals surface area (Å²) in [6.45, 7) is 17.8. The monoisotopic (exact) mass is 1040 g/mol. The van der Waals surface area contributed by atoms with E-state index in [0.717, 1.165) is 96.3 Å². The first-order chi connectivity index (χ1) is 35.7. The minimum absolute atomic E-state index is 0.0693. The highest BCUT2D eigenvalue weighted by Crippen LogP contribution is 2.74. The number of rotatable bonds is 21. The highest BCUT2D eigenvalue weighted by molar-refractivity contribution is 5.85. The topological polar surface area (TPSA) is 122 Å². The van der Waals surface area contributed by atoms with E-state index in [-0.39, 0.29) is 70.4 Å². The Morgan fingerprint density at radius 2 is 1.04 bits per heavy atom. The van der Waals surface area contributed by atoms with Crippen LogP contribution in [0.2, 0.25) is 0 Å². The molecule has 424 valence electrons. The molecule has 0 saturated heterocycles. The molecule has 0 N–H and O–H groups in total. The highest BCUT2D eigenvalue weighted by atomic mass is 16.6. The van der Waals surface area contributed by atoms with E-state index in [1.54, 1.807) is 0 Å². The third-order valence-electron chi connectivity index (χ3n) is 22.9. The van der Waals surface area contributed by atoms with E-state index in [0.29, 0.717) is 68.0 Å². The molecule has 0 aromatic rings. The molecule has 0 aromatic carbocycles. The van der Waals surface area contributed by atoms with E-state index >= 15 is 0 Å². The van der Waals surface area contributed by atoms with Gasteiger partial charge in [-0.3, -0.25) is 24.0 Å². The van der Waals surface area contributed by atoms with Crippen molar-refractivity contribution in [2.45, 2.75) is 310 Å². The predicted octanol–water partition coefficient (Wildman–Crippen LogP) is 16.4. The van der Waals surface area contributed by atoms with Crippen molar-refractivity contribution >= 4 is 29.7 Å². The van der Waals surface area contributed by atoms with Gasteiger partial charge in [0.2, 0.25) is 0 Å². The summed E-state index contributed by atoms with van der Waals surface area (Å²) in [5.41, 5.74) is 0.497. The Morgan fingerprint density at radius 1 is 0.573 bits per heavy atom. The Kier molecular flexibility index (Phi) is 19.6. The van der Waals surface area contributed by atoms with Gasteiger partial charge in [0.05, 0.1) is 0 Å². The molecule has 0 radical (unpaired) electrons. The number of hydrogen-bond acceptors (Lipinski definition) is 9. The maximum absolute atomic E-state index is 14.4. The van der Waals surface area contributed by atoms with Gasteiger partial charge in [-0.15, -0.1) is 0 Å². The molecule has 7 fully saturated rings. The molecule has 8 rings (SSSR count). The first-order valence-electron chi connectivity index (χ1n) is 31.8. The van der Waals surface area contributed by atoms with Crippen molar-refractivity contribution in [1.82, 2.24) is 0 Å². The molecule has 0 amide bonds. The highest BCUT2D eigenvalue weighted by Gasteiger charge is 2.70. The summed E-state index contributed by atoms with van der Waals surface area (Å²) in [6.07, 6.45) is 32.7. The van der Waals surface area contributed by atoms with E-state index in [1.807, 2.05) is 13.8 Å². The van der Waals surface area contributed by atoms with Gasteiger partial charge in [0.15, 0.2) is 6.10 Å². The molecule has 0 spiro atoms. The number of allylic oxidation sites excluding steroid dienone is 1. The standard InChI is InChI=1S/C66H106O9/c1-45(50-37-41-65(7)51(50)44-52(72-56(68)33-29-46-21-13-9-14-22-46)60-64(6)40-39-55(67)62(2,3)54(64)38-42-66(60,65)8)43-53(73-57(69)34-30-47-23-15-10-16-24-47)61(74-58(70)35-31-48-25-17-11-18-26-48)63(4,5)75-59(71)36-32-49-27-19-12-20-28-49/h45-49,52-54,60-61H,9-44H2,1-8H3/t45-,52+,53+,54+,60+,61-,64+,65+,66+/m1/s1. The summed E-state index contributed by atoms with van der Waals surface area (Å²) >= 11 is 0. The van der Waals surface area contributed by atoms with E-state index in [9.17, 15) is 24.0 Å². The van der Waals surface area contributed by atoms with Crippen LogP contribution in [-0.2, 0) is 42.9 Å². The van der Waals surface area contributed by atoms with Gasteiger partial charge in [0, 0.05) is 49.9 Å². The van der Waals surface area contributed by atoms with Gasteiger partial charge >= 0.3 is 23.9 Å². The van der Waals surface area contributed by atoms with Crippen molar-refractivity contribution in [3.63, 3.8) is 0 Å². The molecule has 75 heavy (non-hydrogen) atoms. The van der Waals surface area contributed by atoms with E-state index in [1.165, 1.54) is 101 Å². The molecular weight excluding hydrogens is 937 g/mol. The summed E-state index contributed by atoms with van der Waals surface area (Å²) in [6, 6.07) is 0. The summed E-state index contributed by atoms with van der Waals surface area (Å²) < 4.78 is 26.9. The van der Waals surface area contributed by atoms with Crippen LogP contribution in [0.1, 0.15) is 287 Å². The van der Waals surface area contributed by atoms with Crippen LogP contribution in [0.15, 0.2) is 11.1 Å². The minimum Gasteiger partial charge on any atom is -0.462 e. The maximum atomic E-state index is 14.4. The lowest BCUT2D eigenvalue weighted by Gasteiger charge is -2.69. The van der Waals surface area contributed by atoms with Crippen molar-refractivity contribution in [3.05, 3.63) is 11.1 Å². The largest absolute Gasteiger partial charge is 0.462 e. The van der Waals surface area contributed by atoms with Crippen molar-refractivity contribution in [2.75, 3.05) is 0 Å². The Bertz CT molecular complexity index is 1990. The Balaban J connectivity index is 1.11. The SMILES string of the molecule is C[C@H](C[C@H](OC(=O)CCC1CCCCC1)[C@@H](OC(=O)CCC1CCCCC1)C(C)(C)OC(=O)CCC1CCCCC1)C1=C2C[C@H](OC(=O)CCC3CCCCC3)[C@H]3[C@@]4(C)CCC(=O)C(C)(C)[C@@H]4CC[C@]3(C)[C@@]2(C)CC1. The van der Waals surface area contributed by atoms with Crippen LogP contribution in [0, 0.1) is 63.1 Å². The number of hydrogen-bond donors (Lipinski definition) is 0. The molecular formula is C66H106O9. The van der Waals surface area contributed by atoms with Gasteiger partial charge in [-0.25, -0.2) is 0 Å². The van der Waals surface area contributed by atoms with Gasteiger partial charge in [-0.05, 0) is 130 Å². The molecule has 0 aromatic heterocycles. The van der Waals surface area contributed by atoms with Crippen molar-refractivity contribution in [3.8, 4) is 0 Å². The number of fused-ring (bicyclic) bond motifs is 5. The summed E-state index contributed by atoms with van der Waals surface area (Å²) in [5.74, 6) is 1.74. The smallest absolute Gasteiger partial charge is 0.306 e. The van der Waals surface area contributed by atoms with Crippen LogP contribution < -0.4 is 0 Å². The average Bonchev–Trinajstić information content (AvgIpc) is 3.74. The molecule has 8 aliphatic rings. The minimum atomic E-state index is -1.27. The van der Waals surface area contributed by atoms with Crippen LogP contribution in [0.3, 0.4) is 0 Å². The van der Waals surface area contributed by atoms with Crippen LogP contribution in [0.4, 0.5) is 0 Å². The number of ketones is 1. The second-order valence-corrected chi connectivity index (χ2v) is 28.5. The molecule has 9 nitrogen and oxygen atoms in total. The Labute approximate surface area is 455 Å². The lowest BCUT2D eigenvalue weighted by Crippen LogP contribution is -2.66.